The smallest absolute Gasteiger partial charge is 0.332 e. The zero-order valence-corrected chi connectivity index (χ0v) is 10.3. The molecule has 3 nitrogen and oxygen atoms in total. The summed E-state index contributed by atoms with van der Waals surface area (Å²) in [5.41, 5.74) is 0. The van der Waals surface area contributed by atoms with Crippen molar-refractivity contribution in [3.63, 3.8) is 0 Å². The number of hydrogen-bond donors (Lipinski definition) is 1. The third kappa shape index (κ3) is 4.97. The molecule has 0 heterocycles. The Morgan fingerprint density at radius 3 is 2.62 bits per heavy atom. The molecular formula is C13H24O3. The zero-order chi connectivity index (χ0) is 11.8. The third-order valence-electron chi connectivity index (χ3n) is 3.45. The average molecular weight is 228 g/mol. The van der Waals surface area contributed by atoms with Crippen LogP contribution in [0.1, 0.15) is 58.3 Å². The molecule has 0 aromatic heterocycles. The first kappa shape index (κ1) is 13.5. The lowest BCUT2D eigenvalue weighted by atomic mass is 9.86. The maximum atomic E-state index is 10.7. The van der Waals surface area contributed by atoms with Crippen molar-refractivity contribution in [1.82, 2.24) is 0 Å². The van der Waals surface area contributed by atoms with E-state index in [0.717, 1.165) is 12.3 Å². The Balaban J connectivity index is 2.03. The van der Waals surface area contributed by atoms with Gasteiger partial charge in [-0.05, 0) is 25.2 Å². The van der Waals surface area contributed by atoms with Crippen LogP contribution in [0.4, 0.5) is 0 Å². The predicted molar refractivity (Wildman–Crippen MR) is 63.5 cm³/mol. The first-order valence-corrected chi connectivity index (χ1v) is 6.58. The van der Waals surface area contributed by atoms with Crippen LogP contribution in [0.15, 0.2) is 0 Å². The zero-order valence-electron chi connectivity index (χ0n) is 10.3. The standard InChI is InChI=1S/C13H24O3/c1-2-12(13(14)15)16-10-6-9-11-7-4-3-5-8-11/h11-12H,2-10H2,1H3,(H,14,15). The molecule has 0 aromatic rings. The van der Waals surface area contributed by atoms with Gasteiger partial charge in [0.15, 0.2) is 6.10 Å². The summed E-state index contributed by atoms with van der Waals surface area (Å²) in [5.74, 6) is 0.0300. The Morgan fingerprint density at radius 2 is 2.06 bits per heavy atom. The summed E-state index contributed by atoms with van der Waals surface area (Å²) >= 11 is 0. The molecule has 0 spiro atoms. The summed E-state index contributed by atoms with van der Waals surface area (Å²) in [6, 6.07) is 0. The largest absolute Gasteiger partial charge is 0.479 e. The van der Waals surface area contributed by atoms with Crippen LogP contribution in [-0.4, -0.2) is 23.8 Å². The molecule has 0 amide bonds. The number of hydrogen-bond acceptors (Lipinski definition) is 2. The maximum absolute atomic E-state index is 10.7. The Bertz CT molecular complexity index is 197. The van der Waals surface area contributed by atoms with Crippen LogP contribution in [0.2, 0.25) is 0 Å². The van der Waals surface area contributed by atoms with E-state index < -0.39 is 12.1 Å². The number of rotatable bonds is 7. The Labute approximate surface area is 98.2 Å². The molecule has 1 aliphatic rings. The molecule has 0 aromatic carbocycles. The highest BCUT2D eigenvalue weighted by atomic mass is 16.5. The SMILES string of the molecule is CCC(OCCCC1CCCCC1)C(=O)O. The lowest BCUT2D eigenvalue weighted by molar-refractivity contribution is -0.150. The van der Waals surface area contributed by atoms with E-state index in [1.165, 1.54) is 38.5 Å². The van der Waals surface area contributed by atoms with Crippen LogP contribution in [0.5, 0.6) is 0 Å². The van der Waals surface area contributed by atoms with Crippen molar-refractivity contribution in [2.24, 2.45) is 5.92 Å². The van der Waals surface area contributed by atoms with Crippen molar-refractivity contribution in [1.29, 1.82) is 0 Å². The quantitative estimate of drug-likeness (QED) is 0.680. The molecule has 0 radical (unpaired) electrons. The van der Waals surface area contributed by atoms with Gasteiger partial charge in [0.05, 0.1) is 0 Å². The van der Waals surface area contributed by atoms with Gasteiger partial charge in [0.1, 0.15) is 0 Å². The van der Waals surface area contributed by atoms with Gasteiger partial charge in [-0.3, -0.25) is 0 Å². The minimum atomic E-state index is -0.833. The third-order valence-corrected chi connectivity index (χ3v) is 3.45. The predicted octanol–water partition coefficient (Wildman–Crippen LogP) is 3.23. The second-order valence-corrected chi connectivity index (χ2v) is 4.75. The highest BCUT2D eigenvalue weighted by Gasteiger charge is 2.16. The summed E-state index contributed by atoms with van der Waals surface area (Å²) in [5, 5.41) is 8.80. The first-order valence-electron chi connectivity index (χ1n) is 6.58. The monoisotopic (exact) mass is 228 g/mol. The molecule has 0 bridgehead atoms. The second kappa shape index (κ2) is 7.66. The fourth-order valence-electron chi connectivity index (χ4n) is 2.44. The van der Waals surface area contributed by atoms with Crippen molar-refractivity contribution in [3.8, 4) is 0 Å². The molecular weight excluding hydrogens is 204 g/mol. The lowest BCUT2D eigenvalue weighted by Gasteiger charge is -2.21. The van der Waals surface area contributed by atoms with Gasteiger partial charge in [-0.2, -0.15) is 0 Å². The van der Waals surface area contributed by atoms with Gasteiger partial charge in [0, 0.05) is 6.61 Å². The fraction of sp³-hybridized carbons (Fsp3) is 0.923. The van der Waals surface area contributed by atoms with Gasteiger partial charge in [-0.1, -0.05) is 39.0 Å². The number of carbonyl (C=O) groups is 1. The van der Waals surface area contributed by atoms with Crippen molar-refractivity contribution in [3.05, 3.63) is 0 Å². The first-order chi connectivity index (χ1) is 7.74. The van der Waals surface area contributed by atoms with Gasteiger partial charge in [-0.25, -0.2) is 4.79 Å². The van der Waals surface area contributed by atoms with Crippen LogP contribution in [0, 0.1) is 5.92 Å². The Morgan fingerprint density at radius 1 is 1.38 bits per heavy atom. The van der Waals surface area contributed by atoms with Crippen LogP contribution in [0.25, 0.3) is 0 Å². The molecule has 3 heteroatoms. The second-order valence-electron chi connectivity index (χ2n) is 4.75. The highest BCUT2D eigenvalue weighted by Crippen LogP contribution is 2.27. The topological polar surface area (TPSA) is 46.5 Å². The highest BCUT2D eigenvalue weighted by molar-refractivity contribution is 5.72. The molecule has 1 unspecified atom stereocenters. The van der Waals surface area contributed by atoms with Crippen LogP contribution in [0.3, 0.4) is 0 Å². The van der Waals surface area contributed by atoms with Crippen LogP contribution >= 0.6 is 0 Å². The van der Waals surface area contributed by atoms with E-state index >= 15 is 0 Å². The Hall–Kier alpha value is -0.570. The van der Waals surface area contributed by atoms with E-state index in [2.05, 4.69) is 0 Å². The minimum Gasteiger partial charge on any atom is -0.479 e. The normalized spacial score (nSPS) is 19.6. The maximum Gasteiger partial charge on any atom is 0.332 e. The summed E-state index contributed by atoms with van der Waals surface area (Å²) < 4.78 is 5.34. The van der Waals surface area contributed by atoms with E-state index in [-0.39, 0.29) is 0 Å². The molecule has 1 atom stereocenters. The summed E-state index contributed by atoms with van der Waals surface area (Å²) in [6.07, 6.45) is 9.02. The lowest BCUT2D eigenvalue weighted by Crippen LogP contribution is -2.23. The molecule has 1 rings (SSSR count). The number of ether oxygens (including phenoxy) is 1. The molecule has 94 valence electrons. The van der Waals surface area contributed by atoms with E-state index in [1.54, 1.807) is 0 Å². The average Bonchev–Trinajstić information content (AvgIpc) is 2.30. The van der Waals surface area contributed by atoms with E-state index in [4.69, 9.17) is 9.84 Å². The summed E-state index contributed by atoms with van der Waals surface area (Å²) in [6.45, 7) is 2.45. The summed E-state index contributed by atoms with van der Waals surface area (Å²) in [7, 11) is 0. The van der Waals surface area contributed by atoms with E-state index in [0.29, 0.717) is 13.0 Å². The molecule has 1 N–H and O–H groups in total. The van der Waals surface area contributed by atoms with E-state index in [1.807, 2.05) is 6.92 Å². The van der Waals surface area contributed by atoms with Crippen LogP contribution in [-0.2, 0) is 9.53 Å². The minimum absolute atomic E-state index is 0.554. The molecule has 1 aliphatic carbocycles. The van der Waals surface area contributed by atoms with Crippen molar-refractivity contribution >= 4 is 5.97 Å². The van der Waals surface area contributed by atoms with Gasteiger partial charge < -0.3 is 9.84 Å². The van der Waals surface area contributed by atoms with Crippen molar-refractivity contribution < 1.29 is 14.6 Å². The number of carboxylic acid groups (broad SMARTS) is 1. The van der Waals surface area contributed by atoms with Gasteiger partial charge in [0.25, 0.3) is 0 Å². The molecule has 1 saturated carbocycles. The Kier molecular flexibility index (Phi) is 6.46. The molecule has 0 aliphatic heterocycles. The van der Waals surface area contributed by atoms with Gasteiger partial charge >= 0.3 is 5.97 Å². The van der Waals surface area contributed by atoms with Crippen LogP contribution < -0.4 is 0 Å². The van der Waals surface area contributed by atoms with E-state index in [9.17, 15) is 4.79 Å². The molecule has 16 heavy (non-hydrogen) atoms. The van der Waals surface area contributed by atoms with Gasteiger partial charge in [-0.15, -0.1) is 0 Å². The van der Waals surface area contributed by atoms with Crippen molar-refractivity contribution in [2.45, 2.75) is 64.4 Å². The van der Waals surface area contributed by atoms with Crippen molar-refractivity contribution in [2.75, 3.05) is 6.61 Å². The molecule has 0 saturated heterocycles. The number of aliphatic carboxylic acids is 1. The van der Waals surface area contributed by atoms with Gasteiger partial charge in [0.2, 0.25) is 0 Å². The summed E-state index contributed by atoms with van der Waals surface area (Å²) in [4.78, 5) is 10.7. The molecule has 1 fully saturated rings. The fourth-order valence-corrected chi connectivity index (χ4v) is 2.44. The number of carboxylic acids is 1.